The maximum absolute atomic E-state index is 5.28. The van der Waals surface area contributed by atoms with Crippen molar-refractivity contribution in [1.82, 2.24) is 14.1 Å². The summed E-state index contributed by atoms with van der Waals surface area (Å²) in [6, 6.07) is 75.2. The molecule has 11 aromatic rings. The molecule has 0 aliphatic rings. The fourth-order valence-electron chi connectivity index (χ4n) is 9.00. The van der Waals surface area contributed by atoms with Crippen LogP contribution in [0.1, 0.15) is 0 Å². The summed E-state index contributed by atoms with van der Waals surface area (Å²) in [4.78, 5) is 5.28. The van der Waals surface area contributed by atoms with Gasteiger partial charge in [0.1, 0.15) is 0 Å². The molecule has 60 heavy (non-hydrogen) atoms. The Hall–Kier alpha value is -7.27. The van der Waals surface area contributed by atoms with Crippen LogP contribution in [0.5, 0.6) is 0 Å². The van der Waals surface area contributed by atoms with Gasteiger partial charge in [-0.15, -0.1) is 0 Å². The molecule has 0 bridgehead atoms. The van der Waals surface area contributed by atoms with Gasteiger partial charge in [0.2, 0.25) is 0 Å². The van der Waals surface area contributed by atoms with Crippen molar-refractivity contribution in [3.8, 4) is 56.1 Å². The van der Waals surface area contributed by atoms with Crippen LogP contribution >= 0.6 is 0 Å². The van der Waals surface area contributed by atoms with Gasteiger partial charge in [-0.2, -0.15) is 0 Å². The van der Waals surface area contributed by atoms with Gasteiger partial charge in [0.05, 0.1) is 41.5 Å². The van der Waals surface area contributed by atoms with E-state index in [1.807, 2.05) is 0 Å². The molecule has 0 aliphatic heterocycles. The first-order valence-corrected chi connectivity index (χ1v) is 24.3. The van der Waals surface area contributed by atoms with Gasteiger partial charge >= 0.3 is 0 Å². The Morgan fingerprint density at radius 2 is 0.800 bits per heavy atom. The molecule has 0 unspecified atom stereocenters. The van der Waals surface area contributed by atoms with E-state index in [0.717, 1.165) is 33.8 Å². The number of nitrogens with zero attached hydrogens (tertiary/aromatic N) is 3. The molecule has 0 fully saturated rings. The molecular weight excluding hydrogens is 743 g/mol. The molecule has 0 radical (unpaired) electrons. The van der Waals surface area contributed by atoms with Crippen LogP contribution < -0.4 is 5.19 Å². The maximum atomic E-state index is 5.28. The maximum Gasteiger partial charge on any atom is 0.0775 e. The van der Waals surface area contributed by atoms with E-state index in [0.29, 0.717) is 0 Å². The van der Waals surface area contributed by atoms with Gasteiger partial charge in [0.25, 0.3) is 0 Å². The molecular formula is C56H43N3Si. The molecule has 0 aliphatic carbocycles. The molecule has 4 heteroatoms. The zero-order valence-corrected chi connectivity index (χ0v) is 35.0. The molecule has 3 nitrogen and oxygen atoms in total. The third-order valence-electron chi connectivity index (χ3n) is 12.1. The molecule has 286 valence electrons. The van der Waals surface area contributed by atoms with Crippen LogP contribution in [-0.4, -0.2) is 22.2 Å². The second kappa shape index (κ2) is 14.2. The Balaban J connectivity index is 1.07. The summed E-state index contributed by atoms with van der Waals surface area (Å²) < 4.78 is 4.86. The van der Waals surface area contributed by atoms with Gasteiger partial charge in [0.15, 0.2) is 0 Å². The van der Waals surface area contributed by atoms with Crippen LogP contribution in [0.2, 0.25) is 19.6 Å². The quantitative estimate of drug-likeness (QED) is 0.148. The van der Waals surface area contributed by atoms with Crippen LogP contribution in [0, 0.1) is 0 Å². The minimum atomic E-state index is -1.43. The Kier molecular flexibility index (Phi) is 8.50. The smallest absolute Gasteiger partial charge is 0.0775 e. The molecule has 0 amide bonds. The lowest BCUT2D eigenvalue weighted by Gasteiger charge is -2.17. The summed E-state index contributed by atoms with van der Waals surface area (Å²) in [6.07, 6.45) is 0. The van der Waals surface area contributed by atoms with Crippen molar-refractivity contribution in [2.45, 2.75) is 19.6 Å². The van der Waals surface area contributed by atoms with E-state index >= 15 is 0 Å². The first-order valence-electron chi connectivity index (χ1n) is 20.8. The number of hydrogen-bond donors (Lipinski definition) is 0. The number of hydrogen-bond acceptors (Lipinski definition) is 1. The number of benzene rings is 8. The third kappa shape index (κ3) is 6.16. The van der Waals surface area contributed by atoms with Crippen LogP contribution in [0.3, 0.4) is 0 Å². The van der Waals surface area contributed by atoms with Crippen molar-refractivity contribution < 1.29 is 0 Å². The highest BCUT2D eigenvalue weighted by Gasteiger charge is 2.19. The van der Waals surface area contributed by atoms with Gasteiger partial charge in [-0.25, -0.2) is 4.98 Å². The predicted octanol–water partition coefficient (Wildman–Crippen LogP) is 14.5. The summed E-state index contributed by atoms with van der Waals surface area (Å²) in [5.74, 6) is 0. The van der Waals surface area contributed by atoms with Crippen molar-refractivity contribution in [2.24, 2.45) is 0 Å². The summed E-state index contributed by atoms with van der Waals surface area (Å²) in [7, 11) is -1.43. The number of pyridine rings is 1. The molecule has 0 saturated heterocycles. The van der Waals surface area contributed by atoms with E-state index in [1.165, 1.54) is 71.2 Å². The number of para-hydroxylation sites is 2. The average molecular weight is 786 g/mol. The van der Waals surface area contributed by atoms with E-state index in [-0.39, 0.29) is 0 Å². The minimum Gasteiger partial charge on any atom is -0.309 e. The van der Waals surface area contributed by atoms with Crippen molar-refractivity contribution in [3.05, 3.63) is 206 Å². The molecule has 3 aromatic heterocycles. The summed E-state index contributed by atoms with van der Waals surface area (Å²) in [5.41, 5.74) is 15.8. The zero-order chi connectivity index (χ0) is 40.4. The molecule has 8 aromatic carbocycles. The number of fused-ring (bicyclic) bond motifs is 6. The summed E-state index contributed by atoms with van der Waals surface area (Å²) in [6.45, 7) is 7.22. The standard InChI is InChI=1S/C56H43N3Si/c1-60(2,3)46-29-27-44(28-30-46)58-53-23-12-10-21-47(53)49-31-25-40(36-55(49)58)41-26-32-50-48-22-11-13-24-54(48)59(56(50)37-41)45-20-14-19-42(33-45)52-35-43(38-15-6-4-7-16-38)34-51(57-52)39-17-8-5-9-18-39/h4-37H,1-3H3. The zero-order valence-electron chi connectivity index (χ0n) is 34.0. The minimum absolute atomic E-state index is 0.942. The van der Waals surface area contributed by atoms with Crippen LogP contribution in [-0.2, 0) is 0 Å². The fourth-order valence-corrected chi connectivity index (χ4v) is 10.2. The predicted molar refractivity (Wildman–Crippen MR) is 258 cm³/mol. The lowest BCUT2D eigenvalue weighted by atomic mass is 10.00. The first-order chi connectivity index (χ1) is 29.4. The Morgan fingerprint density at radius 1 is 0.317 bits per heavy atom. The fraction of sp³-hybridized carbons (Fsp3) is 0.0536. The average Bonchev–Trinajstić information content (AvgIpc) is 3.81. The summed E-state index contributed by atoms with van der Waals surface area (Å²) >= 11 is 0. The lowest BCUT2D eigenvalue weighted by molar-refractivity contribution is 1.18. The van der Waals surface area contributed by atoms with E-state index < -0.39 is 8.07 Å². The van der Waals surface area contributed by atoms with Gasteiger partial charge in [-0.3, -0.25) is 0 Å². The molecule has 11 rings (SSSR count). The van der Waals surface area contributed by atoms with E-state index in [2.05, 4.69) is 235 Å². The second-order valence-corrected chi connectivity index (χ2v) is 22.0. The monoisotopic (exact) mass is 785 g/mol. The molecule has 3 heterocycles. The van der Waals surface area contributed by atoms with Crippen LogP contribution in [0.25, 0.3) is 99.8 Å². The summed E-state index contributed by atoms with van der Waals surface area (Å²) in [5, 5.41) is 6.46. The molecule has 0 atom stereocenters. The topological polar surface area (TPSA) is 22.8 Å². The largest absolute Gasteiger partial charge is 0.309 e. The van der Waals surface area contributed by atoms with Crippen molar-refractivity contribution in [1.29, 1.82) is 0 Å². The normalized spacial score (nSPS) is 11.9. The lowest BCUT2D eigenvalue weighted by Crippen LogP contribution is -2.37. The van der Waals surface area contributed by atoms with Gasteiger partial charge in [0, 0.05) is 44.0 Å². The molecule has 0 spiro atoms. The molecule has 0 saturated carbocycles. The van der Waals surface area contributed by atoms with Crippen molar-refractivity contribution >= 4 is 56.9 Å². The van der Waals surface area contributed by atoms with Crippen LogP contribution in [0.15, 0.2) is 206 Å². The third-order valence-corrected chi connectivity index (χ3v) is 14.1. The van der Waals surface area contributed by atoms with Crippen LogP contribution in [0.4, 0.5) is 0 Å². The van der Waals surface area contributed by atoms with E-state index in [9.17, 15) is 0 Å². The van der Waals surface area contributed by atoms with Gasteiger partial charge in [-0.05, 0) is 82.9 Å². The first kappa shape index (κ1) is 35.9. The molecule has 0 N–H and O–H groups in total. The highest BCUT2D eigenvalue weighted by Crippen LogP contribution is 2.39. The Labute approximate surface area is 351 Å². The van der Waals surface area contributed by atoms with E-state index in [4.69, 9.17) is 4.98 Å². The van der Waals surface area contributed by atoms with Crippen molar-refractivity contribution in [3.63, 3.8) is 0 Å². The van der Waals surface area contributed by atoms with Gasteiger partial charge < -0.3 is 9.13 Å². The second-order valence-electron chi connectivity index (χ2n) is 16.9. The SMILES string of the molecule is C[Si](C)(C)c1ccc(-n2c3ccccc3c3ccc(-c4ccc5c6ccccc6n(-c6cccc(-c7cc(-c8ccccc8)cc(-c8ccccc8)n7)c6)c5c4)cc32)cc1. The number of rotatable bonds is 7. The Morgan fingerprint density at radius 3 is 1.38 bits per heavy atom. The highest BCUT2D eigenvalue weighted by molar-refractivity contribution is 6.88. The number of aromatic nitrogens is 3. The Bertz CT molecular complexity index is 3330. The van der Waals surface area contributed by atoms with Gasteiger partial charge in [-0.1, -0.05) is 170 Å². The van der Waals surface area contributed by atoms with Crippen molar-refractivity contribution in [2.75, 3.05) is 0 Å². The van der Waals surface area contributed by atoms with E-state index in [1.54, 1.807) is 0 Å². The highest BCUT2D eigenvalue weighted by atomic mass is 28.3.